The van der Waals surface area contributed by atoms with Crippen molar-refractivity contribution in [3.63, 3.8) is 0 Å². The topological polar surface area (TPSA) is 75.7 Å². The van der Waals surface area contributed by atoms with Gasteiger partial charge in [0.1, 0.15) is 5.75 Å². The Kier molecular flexibility index (Phi) is 5.63. The zero-order chi connectivity index (χ0) is 22.8. The van der Waals surface area contributed by atoms with Crippen molar-refractivity contribution in [2.75, 3.05) is 14.1 Å². The molecule has 8 heteroatoms. The summed E-state index contributed by atoms with van der Waals surface area (Å²) in [7, 11) is -0.0785. The number of halogens is 1. The Bertz CT molecular complexity index is 975. The molecular weight excluding hydrogens is 436 g/mol. The molecule has 0 heterocycles. The third-order valence-corrected chi connectivity index (χ3v) is 10.4. The van der Waals surface area contributed by atoms with Gasteiger partial charge in [-0.15, -0.1) is 0 Å². The summed E-state index contributed by atoms with van der Waals surface area (Å²) in [6.45, 7) is 5.44. The first-order valence-corrected chi connectivity index (χ1v) is 12.8. The maximum absolute atomic E-state index is 13.2. The fraction of sp³-hybridized carbons (Fsp3) is 0.696. The van der Waals surface area contributed by atoms with E-state index >= 15 is 0 Å². The van der Waals surface area contributed by atoms with Crippen molar-refractivity contribution in [2.45, 2.75) is 69.3 Å². The minimum absolute atomic E-state index is 0.00345. The van der Waals surface area contributed by atoms with Gasteiger partial charge >= 0.3 is 0 Å². The fourth-order valence-corrected chi connectivity index (χ4v) is 8.56. The molecule has 31 heavy (non-hydrogen) atoms. The molecular formula is C23H33ClN2O4S. The number of hydrogen-bond acceptors (Lipinski definition) is 4. The van der Waals surface area contributed by atoms with Crippen LogP contribution in [0.3, 0.4) is 0 Å². The Labute approximate surface area is 190 Å². The summed E-state index contributed by atoms with van der Waals surface area (Å²) in [4.78, 5) is 13.2. The van der Waals surface area contributed by atoms with Crippen LogP contribution in [0.2, 0.25) is 5.02 Å². The van der Waals surface area contributed by atoms with E-state index in [0.717, 1.165) is 24.8 Å². The van der Waals surface area contributed by atoms with Crippen molar-refractivity contribution >= 4 is 27.5 Å². The largest absolute Gasteiger partial charge is 0.478 e. The quantitative estimate of drug-likeness (QED) is 0.689. The number of hydrogen-bond donors (Lipinski definition) is 1. The van der Waals surface area contributed by atoms with Gasteiger partial charge in [-0.05, 0) is 94.4 Å². The standard InChI is InChI=1S/C23H33ClN2O4S/c1-14-8-18(24)6-7-19(14)30-22(2,3)21(27)25-20-16-9-15-10-17(20)13-23(11-15,12-16)31(28,29)26(4)5/h6-8,15-17,20H,9-13H2,1-5H3,(H,25,27)/t15?,16-,17+,20?,23?. The van der Waals surface area contributed by atoms with Gasteiger partial charge in [-0.25, -0.2) is 12.7 Å². The van der Waals surface area contributed by atoms with Crippen molar-refractivity contribution in [2.24, 2.45) is 17.8 Å². The van der Waals surface area contributed by atoms with E-state index in [-0.39, 0.29) is 23.8 Å². The summed E-state index contributed by atoms with van der Waals surface area (Å²) >= 11 is 6.03. The fourth-order valence-electron chi connectivity index (χ4n) is 6.26. The number of benzene rings is 1. The third-order valence-electron chi connectivity index (χ3n) is 7.59. The van der Waals surface area contributed by atoms with Crippen LogP contribution in [0.15, 0.2) is 18.2 Å². The molecule has 4 aliphatic carbocycles. The smallest absolute Gasteiger partial charge is 0.263 e. The Morgan fingerprint density at radius 1 is 1.19 bits per heavy atom. The van der Waals surface area contributed by atoms with E-state index in [1.54, 1.807) is 40.1 Å². The first-order valence-electron chi connectivity index (χ1n) is 11.0. The van der Waals surface area contributed by atoms with E-state index in [9.17, 15) is 13.2 Å². The lowest BCUT2D eigenvalue weighted by atomic mass is 9.53. The molecule has 4 saturated carbocycles. The molecule has 6 nitrogen and oxygen atoms in total. The molecule has 5 atom stereocenters. The molecule has 1 amide bonds. The molecule has 1 N–H and O–H groups in total. The predicted octanol–water partition coefficient (Wildman–Crippen LogP) is 3.76. The molecule has 0 aromatic heterocycles. The second-order valence-electron chi connectivity index (χ2n) is 10.5. The molecule has 172 valence electrons. The lowest BCUT2D eigenvalue weighted by Crippen LogP contribution is -2.66. The molecule has 0 aliphatic heterocycles. The molecule has 5 rings (SSSR count). The Balaban J connectivity index is 1.50. The van der Waals surface area contributed by atoms with Crippen molar-refractivity contribution in [1.82, 2.24) is 9.62 Å². The van der Waals surface area contributed by atoms with Crippen LogP contribution in [0.25, 0.3) is 0 Å². The Hall–Kier alpha value is -1.31. The number of carbonyl (C=O) groups excluding carboxylic acids is 1. The van der Waals surface area contributed by atoms with E-state index in [2.05, 4.69) is 5.32 Å². The van der Waals surface area contributed by atoms with Gasteiger partial charge in [-0.1, -0.05) is 11.6 Å². The maximum atomic E-state index is 13.2. The molecule has 0 radical (unpaired) electrons. The molecule has 3 unspecified atom stereocenters. The summed E-state index contributed by atoms with van der Waals surface area (Å²) in [6.07, 6.45) is 3.99. The summed E-state index contributed by atoms with van der Waals surface area (Å²) in [6, 6.07) is 5.35. The van der Waals surface area contributed by atoms with Crippen LogP contribution < -0.4 is 10.1 Å². The van der Waals surface area contributed by atoms with Gasteiger partial charge in [0.05, 0.1) is 4.75 Å². The van der Waals surface area contributed by atoms with Gasteiger partial charge in [-0.3, -0.25) is 4.79 Å². The lowest BCUT2D eigenvalue weighted by molar-refractivity contribution is -0.138. The van der Waals surface area contributed by atoms with Crippen LogP contribution in [-0.2, 0) is 14.8 Å². The number of nitrogens with zero attached hydrogens (tertiary/aromatic N) is 1. The van der Waals surface area contributed by atoms with Crippen LogP contribution in [0, 0.1) is 24.7 Å². The molecule has 4 aliphatic rings. The van der Waals surface area contributed by atoms with Gasteiger partial charge in [0.2, 0.25) is 10.0 Å². The summed E-state index contributed by atoms with van der Waals surface area (Å²) < 4.78 is 33.1. The molecule has 0 spiro atoms. The second kappa shape index (κ2) is 7.63. The van der Waals surface area contributed by atoms with Crippen LogP contribution in [0.4, 0.5) is 0 Å². The van der Waals surface area contributed by atoms with Gasteiger partial charge in [0.15, 0.2) is 5.60 Å². The van der Waals surface area contributed by atoms with E-state index < -0.39 is 20.4 Å². The normalized spacial score (nSPS) is 32.4. The summed E-state index contributed by atoms with van der Waals surface area (Å²) in [5, 5.41) is 3.88. The second-order valence-corrected chi connectivity index (χ2v) is 13.4. The molecule has 0 saturated heterocycles. The van der Waals surface area contributed by atoms with Crippen LogP contribution in [0.1, 0.15) is 51.5 Å². The molecule has 4 bridgehead atoms. The zero-order valence-electron chi connectivity index (χ0n) is 18.9. The lowest BCUT2D eigenvalue weighted by Gasteiger charge is -2.59. The Morgan fingerprint density at radius 3 is 2.35 bits per heavy atom. The minimum Gasteiger partial charge on any atom is -0.478 e. The minimum atomic E-state index is -3.34. The average Bonchev–Trinajstić information content (AvgIpc) is 2.66. The molecule has 1 aromatic carbocycles. The van der Waals surface area contributed by atoms with Crippen molar-refractivity contribution in [3.8, 4) is 5.75 Å². The van der Waals surface area contributed by atoms with Crippen molar-refractivity contribution in [3.05, 3.63) is 28.8 Å². The number of nitrogens with one attached hydrogen (secondary N) is 1. The van der Waals surface area contributed by atoms with E-state index in [0.29, 0.717) is 29.5 Å². The SMILES string of the molecule is Cc1cc(Cl)ccc1OC(C)(C)C(=O)NC1[C@@H]2CC3C[C@H]1CC(S(=O)(=O)N(C)C)(C3)C2. The van der Waals surface area contributed by atoms with Gasteiger partial charge < -0.3 is 10.1 Å². The third kappa shape index (κ3) is 3.87. The average molecular weight is 469 g/mol. The number of aryl methyl sites for hydroxylation is 1. The number of carbonyl (C=O) groups is 1. The van der Waals surface area contributed by atoms with Gasteiger partial charge in [0, 0.05) is 25.2 Å². The highest BCUT2D eigenvalue weighted by molar-refractivity contribution is 7.90. The van der Waals surface area contributed by atoms with Crippen molar-refractivity contribution < 1.29 is 17.9 Å². The number of sulfonamides is 1. The molecule has 4 fully saturated rings. The number of ether oxygens (including phenoxy) is 1. The van der Waals surface area contributed by atoms with Gasteiger partial charge in [-0.2, -0.15) is 0 Å². The number of rotatable bonds is 6. The highest BCUT2D eigenvalue weighted by Crippen LogP contribution is 2.59. The van der Waals surface area contributed by atoms with E-state index in [1.807, 2.05) is 13.0 Å². The zero-order valence-corrected chi connectivity index (χ0v) is 20.5. The van der Waals surface area contributed by atoms with Crippen LogP contribution >= 0.6 is 11.6 Å². The van der Waals surface area contributed by atoms with E-state index in [4.69, 9.17) is 16.3 Å². The van der Waals surface area contributed by atoms with Crippen LogP contribution in [-0.4, -0.2) is 49.1 Å². The highest BCUT2D eigenvalue weighted by atomic mass is 35.5. The number of amides is 1. The monoisotopic (exact) mass is 468 g/mol. The van der Waals surface area contributed by atoms with E-state index in [1.165, 1.54) is 4.31 Å². The molecule has 1 aromatic rings. The maximum Gasteiger partial charge on any atom is 0.263 e. The first-order chi connectivity index (χ1) is 14.3. The van der Waals surface area contributed by atoms with Crippen LogP contribution in [0.5, 0.6) is 5.75 Å². The highest BCUT2D eigenvalue weighted by Gasteiger charge is 2.61. The first kappa shape index (κ1) is 22.9. The van der Waals surface area contributed by atoms with Gasteiger partial charge in [0.25, 0.3) is 5.91 Å². The predicted molar refractivity (Wildman–Crippen MR) is 122 cm³/mol. The Morgan fingerprint density at radius 2 is 1.81 bits per heavy atom. The summed E-state index contributed by atoms with van der Waals surface area (Å²) in [5.74, 6) is 1.28. The van der Waals surface area contributed by atoms with Crippen molar-refractivity contribution in [1.29, 1.82) is 0 Å². The summed E-state index contributed by atoms with van der Waals surface area (Å²) in [5.41, 5.74) is -0.181.